The summed E-state index contributed by atoms with van der Waals surface area (Å²) >= 11 is 5.16. The molecular weight excluding hydrogens is 402 g/mol. The second-order valence-electron chi connectivity index (χ2n) is 6.23. The van der Waals surface area contributed by atoms with Crippen LogP contribution in [-0.4, -0.2) is 44.3 Å². The average molecular weight is 428 g/mol. The van der Waals surface area contributed by atoms with E-state index in [4.69, 9.17) is 21.7 Å². The minimum atomic E-state index is -0.352. The summed E-state index contributed by atoms with van der Waals surface area (Å²) in [6, 6.07) is 14.1. The quantitative estimate of drug-likeness (QED) is 0.324. The number of methoxy groups -OCH3 is 2. The number of carbonyl (C=O) groups is 2. The van der Waals surface area contributed by atoms with Crippen LogP contribution < -0.4 is 20.7 Å². The van der Waals surface area contributed by atoms with Crippen molar-refractivity contribution in [2.45, 2.75) is 6.42 Å². The highest BCUT2D eigenvalue weighted by Crippen LogP contribution is 2.12. The van der Waals surface area contributed by atoms with E-state index in [0.717, 1.165) is 17.7 Å². The van der Waals surface area contributed by atoms with E-state index in [2.05, 4.69) is 16.0 Å². The maximum absolute atomic E-state index is 12.0. The van der Waals surface area contributed by atoms with Crippen molar-refractivity contribution in [3.05, 3.63) is 65.7 Å². The van der Waals surface area contributed by atoms with Crippen LogP contribution in [0.3, 0.4) is 0 Å². The number of carbonyl (C=O) groups excluding carboxylic acids is 2. The highest BCUT2D eigenvalue weighted by Gasteiger charge is 2.06. The van der Waals surface area contributed by atoms with Gasteiger partial charge in [-0.3, -0.25) is 14.9 Å². The highest BCUT2D eigenvalue weighted by atomic mass is 32.1. The molecule has 0 aliphatic carbocycles. The maximum atomic E-state index is 12.0. The molecule has 0 aromatic heterocycles. The smallest absolute Gasteiger partial charge is 0.251 e. The van der Waals surface area contributed by atoms with Gasteiger partial charge in [0, 0.05) is 37.6 Å². The molecule has 8 heteroatoms. The molecular formula is C22H25N3O4S. The largest absolute Gasteiger partial charge is 0.497 e. The Hall–Kier alpha value is -3.23. The zero-order valence-electron chi connectivity index (χ0n) is 16.9. The molecule has 0 atom stereocenters. The number of nitrogens with one attached hydrogen (secondary N) is 3. The van der Waals surface area contributed by atoms with Crippen LogP contribution in [0.2, 0.25) is 0 Å². The molecule has 0 fully saturated rings. The summed E-state index contributed by atoms with van der Waals surface area (Å²) in [5.74, 6) is 0.240. The Bertz CT molecular complexity index is 880. The van der Waals surface area contributed by atoms with Crippen LogP contribution in [0.1, 0.15) is 22.3 Å². The van der Waals surface area contributed by atoms with Gasteiger partial charge in [-0.15, -0.1) is 0 Å². The van der Waals surface area contributed by atoms with Gasteiger partial charge in [-0.25, -0.2) is 0 Å². The first-order valence-electron chi connectivity index (χ1n) is 9.33. The molecule has 0 radical (unpaired) electrons. The molecule has 158 valence electrons. The zero-order chi connectivity index (χ0) is 21.8. The number of ether oxygens (including phenoxy) is 2. The van der Waals surface area contributed by atoms with Crippen molar-refractivity contribution in [3.63, 3.8) is 0 Å². The van der Waals surface area contributed by atoms with Gasteiger partial charge in [0.1, 0.15) is 5.75 Å². The molecule has 2 rings (SSSR count). The van der Waals surface area contributed by atoms with Gasteiger partial charge in [-0.05, 0) is 66.7 Å². The van der Waals surface area contributed by atoms with Crippen LogP contribution >= 0.6 is 12.2 Å². The summed E-state index contributed by atoms with van der Waals surface area (Å²) in [6.07, 6.45) is 3.83. The van der Waals surface area contributed by atoms with Crippen LogP contribution in [0.4, 0.5) is 5.69 Å². The molecule has 0 spiro atoms. The van der Waals surface area contributed by atoms with E-state index in [0.29, 0.717) is 24.4 Å². The van der Waals surface area contributed by atoms with Gasteiger partial charge in [0.2, 0.25) is 5.91 Å². The molecule has 7 nitrogen and oxygen atoms in total. The molecule has 2 aromatic rings. The van der Waals surface area contributed by atoms with Gasteiger partial charge in [0.05, 0.1) is 7.11 Å². The van der Waals surface area contributed by atoms with E-state index in [-0.39, 0.29) is 16.9 Å². The fraction of sp³-hybridized carbons (Fsp3) is 0.227. The lowest BCUT2D eigenvalue weighted by atomic mass is 10.2. The summed E-state index contributed by atoms with van der Waals surface area (Å²) in [5, 5.41) is 8.47. The lowest BCUT2D eigenvalue weighted by Gasteiger charge is -2.09. The van der Waals surface area contributed by atoms with Crippen molar-refractivity contribution in [3.8, 4) is 5.75 Å². The van der Waals surface area contributed by atoms with E-state index in [1.807, 2.05) is 24.3 Å². The fourth-order valence-electron chi connectivity index (χ4n) is 2.43. The fourth-order valence-corrected chi connectivity index (χ4v) is 2.65. The normalized spacial score (nSPS) is 10.5. The number of anilines is 1. The Balaban J connectivity index is 1.80. The number of hydrogen-bond acceptors (Lipinski definition) is 5. The molecule has 2 aromatic carbocycles. The number of rotatable bonds is 9. The third-order valence-corrected chi connectivity index (χ3v) is 4.20. The molecule has 0 saturated heterocycles. The average Bonchev–Trinajstić information content (AvgIpc) is 2.76. The first-order chi connectivity index (χ1) is 14.5. The Morgan fingerprint density at radius 1 is 1.03 bits per heavy atom. The van der Waals surface area contributed by atoms with Gasteiger partial charge in [-0.2, -0.15) is 0 Å². The molecule has 2 amide bonds. The number of thiocarbonyl (C=S) groups is 1. The van der Waals surface area contributed by atoms with E-state index < -0.39 is 0 Å². The number of hydrogen-bond donors (Lipinski definition) is 3. The lowest BCUT2D eigenvalue weighted by Crippen LogP contribution is -2.32. The third-order valence-electron chi connectivity index (χ3n) is 4.00. The molecule has 30 heavy (non-hydrogen) atoms. The third kappa shape index (κ3) is 8.02. The van der Waals surface area contributed by atoms with Gasteiger partial charge >= 0.3 is 0 Å². The van der Waals surface area contributed by atoms with Crippen LogP contribution in [0.5, 0.6) is 5.75 Å². The van der Waals surface area contributed by atoms with Crippen LogP contribution in [0.25, 0.3) is 6.08 Å². The monoisotopic (exact) mass is 427 g/mol. The Labute approximate surface area is 181 Å². The topological polar surface area (TPSA) is 88.7 Å². The Kier molecular flexibility index (Phi) is 9.50. The van der Waals surface area contributed by atoms with Crippen molar-refractivity contribution >= 4 is 40.9 Å². The van der Waals surface area contributed by atoms with Crippen molar-refractivity contribution < 1.29 is 19.1 Å². The van der Waals surface area contributed by atoms with Crippen LogP contribution in [0.15, 0.2) is 54.6 Å². The minimum Gasteiger partial charge on any atom is -0.497 e. The predicted molar refractivity (Wildman–Crippen MR) is 122 cm³/mol. The van der Waals surface area contributed by atoms with E-state index in [9.17, 15) is 9.59 Å². The molecule has 0 unspecified atom stereocenters. The van der Waals surface area contributed by atoms with Crippen molar-refractivity contribution in [2.75, 3.05) is 32.7 Å². The molecule has 0 aliphatic heterocycles. The van der Waals surface area contributed by atoms with E-state index in [1.54, 1.807) is 44.6 Å². The molecule has 0 saturated carbocycles. The first kappa shape index (κ1) is 23.1. The molecule has 0 bridgehead atoms. The van der Waals surface area contributed by atoms with Crippen molar-refractivity contribution in [2.24, 2.45) is 0 Å². The number of amides is 2. The predicted octanol–water partition coefficient (Wildman–Crippen LogP) is 2.99. The molecule has 0 aliphatic rings. The summed E-state index contributed by atoms with van der Waals surface area (Å²) in [7, 11) is 3.22. The first-order valence-corrected chi connectivity index (χ1v) is 9.74. The maximum Gasteiger partial charge on any atom is 0.251 e. The van der Waals surface area contributed by atoms with Gasteiger partial charge in [-0.1, -0.05) is 12.1 Å². The van der Waals surface area contributed by atoms with Gasteiger partial charge in [0.15, 0.2) is 5.11 Å². The highest BCUT2D eigenvalue weighted by molar-refractivity contribution is 7.80. The van der Waals surface area contributed by atoms with Crippen LogP contribution in [-0.2, 0) is 9.53 Å². The Morgan fingerprint density at radius 2 is 1.73 bits per heavy atom. The Morgan fingerprint density at radius 3 is 2.37 bits per heavy atom. The molecule has 3 N–H and O–H groups in total. The summed E-state index contributed by atoms with van der Waals surface area (Å²) in [4.78, 5) is 24.1. The molecule has 0 heterocycles. The second-order valence-corrected chi connectivity index (χ2v) is 6.64. The summed E-state index contributed by atoms with van der Waals surface area (Å²) < 4.78 is 10.0. The summed E-state index contributed by atoms with van der Waals surface area (Å²) in [5.41, 5.74) is 2.06. The van der Waals surface area contributed by atoms with E-state index >= 15 is 0 Å². The standard InChI is InChI=1S/C22H25N3O4S/c1-28-15-3-14-23-21(27)17-7-9-18(10-8-17)24-22(30)25-20(26)13-6-16-4-11-19(29-2)12-5-16/h4-13H,3,14-15H2,1-2H3,(H,23,27)(H2,24,25,26,30)/b13-6+. The van der Waals surface area contributed by atoms with Crippen molar-refractivity contribution in [1.82, 2.24) is 10.6 Å². The van der Waals surface area contributed by atoms with Gasteiger partial charge in [0.25, 0.3) is 5.91 Å². The van der Waals surface area contributed by atoms with Crippen molar-refractivity contribution in [1.29, 1.82) is 0 Å². The number of benzene rings is 2. The summed E-state index contributed by atoms with van der Waals surface area (Å²) in [6.45, 7) is 1.15. The van der Waals surface area contributed by atoms with E-state index in [1.165, 1.54) is 6.08 Å². The zero-order valence-corrected chi connectivity index (χ0v) is 17.8. The second kappa shape index (κ2) is 12.4. The minimum absolute atomic E-state index is 0.155. The SMILES string of the molecule is COCCCNC(=O)c1ccc(NC(=S)NC(=O)/C=C/c2ccc(OC)cc2)cc1. The van der Waals surface area contributed by atoms with Gasteiger partial charge < -0.3 is 20.1 Å². The van der Waals surface area contributed by atoms with Crippen LogP contribution in [0, 0.1) is 0 Å². The lowest BCUT2D eigenvalue weighted by molar-refractivity contribution is -0.115.